The Morgan fingerprint density at radius 2 is 2.09 bits per heavy atom. The zero-order valence-corrected chi connectivity index (χ0v) is 13.5. The number of carboxylic acids is 1. The van der Waals surface area contributed by atoms with Crippen molar-refractivity contribution in [1.82, 2.24) is 5.01 Å². The average Bonchev–Trinajstić information content (AvgIpc) is 2.45. The van der Waals surface area contributed by atoms with Crippen molar-refractivity contribution >= 4 is 22.0 Å². The van der Waals surface area contributed by atoms with Gasteiger partial charge in [-0.2, -0.15) is 5.10 Å². The topological polar surface area (TPSA) is 96.3 Å². The quantitative estimate of drug-likeness (QED) is 0.761. The summed E-state index contributed by atoms with van der Waals surface area (Å²) in [5, 5.41) is 15.3. The van der Waals surface area contributed by atoms with E-state index in [4.69, 9.17) is 4.74 Å². The Morgan fingerprint density at radius 1 is 1.45 bits per heavy atom. The first-order valence-electron chi connectivity index (χ1n) is 7.01. The van der Waals surface area contributed by atoms with E-state index in [1.165, 1.54) is 12.3 Å². The number of nitrogens with zero attached hydrogens (tertiary/aromatic N) is 2. The average molecular weight is 328 g/mol. The number of sulfone groups is 1. The third kappa shape index (κ3) is 3.75. The predicted octanol–water partition coefficient (Wildman–Crippen LogP) is 0.654. The SMILES string of the molecule is CC1=C(/C=N/N2CCOCC2)C(S(C)(=O)=O)=CCC1C(=O)O. The van der Waals surface area contributed by atoms with Crippen LogP contribution in [0.4, 0.5) is 0 Å². The molecule has 0 aromatic rings. The molecule has 1 N–H and O–H groups in total. The lowest BCUT2D eigenvalue weighted by atomic mass is 9.88. The van der Waals surface area contributed by atoms with E-state index in [1.807, 2.05) is 0 Å². The monoisotopic (exact) mass is 328 g/mol. The van der Waals surface area contributed by atoms with Crippen molar-refractivity contribution in [1.29, 1.82) is 0 Å². The number of rotatable bonds is 4. The van der Waals surface area contributed by atoms with E-state index in [-0.39, 0.29) is 11.3 Å². The molecule has 1 saturated heterocycles. The van der Waals surface area contributed by atoms with Crippen molar-refractivity contribution in [2.24, 2.45) is 11.0 Å². The van der Waals surface area contributed by atoms with Gasteiger partial charge in [0.1, 0.15) is 0 Å². The molecule has 1 atom stereocenters. The largest absolute Gasteiger partial charge is 0.481 e. The van der Waals surface area contributed by atoms with Gasteiger partial charge in [-0.25, -0.2) is 8.42 Å². The summed E-state index contributed by atoms with van der Waals surface area (Å²) in [6, 6.07) is 0. The Kier molecular flexibility index (Phi) is 5.02. The summed E-state index contributed by atoms with van der Waals surface area (Å²) in [6.45, 7) is 4.05. The van der Waals surface area contributed by atoms with E-state index in [1.54, 1.807) is 11.9 Å². The van der Waals surface area contributed by atoms with Crippen LogP contribution in [0.3, 0.4) is 0 Å². The maximum absolute atomic E-state index is 11.9. The number of hydrogen-bond donors (Lipinski definition) is 1. The second-order valence-electron chi connectivity index (χ2n) is 5.37. The molecule has 1 aliphatic carbocycles. The van der Waals surface area contributed by atoms with Crippen molar-refractivity contribution in [2.75, 3.05) is 32.6 Å². The van der Waals surface area contributed by atoms with E-state index in [0.717, 1.165) is 6.26 Å². The lowest BCUT2D eigenvalue weighted by Gasteiger charge is -2.25. The molecule has 0 bridgehead atoms. The highest BCUT2D eigenvalue weighted by molar-refractivity contribution is 7.94. The molecule has 0 aromatic carbocycles. The molecule has 2 aliphatic rings. The molecular formula is C14H20N2O5S. The summed E-state index contributed by atoms with van der Waals surface area (Å²) in [7, 11) is -3.43. The normalized spacial score (nSPS) is 23.8. The van der Waals surface area contributed by atoms with Crippen LogP contribution >= 0.6 is 0 Å². The molecular weight excluding hydrogens is 308 g/mol. The number of carbonyl (C=O) groups is 1. The lowest BCUT2D eigenvalue weighted by molar-refractivity contribution is -0.140. The van der Waals surface area contributed by atoms with Gasteiger partial charge >= 0.3 is 5.97 Å². The van der Waals surface area contributed by atoms with Crippen LogP contribution in [0, 0.1) is 5.92 Å². The Hall–Kier alpha value is -1.67. The molecule has 1 heterocycles. The summed E-state index contributed by atoms with van der Waals surface area (Å²) < 4.78 is 29.1. The minimum atomic E-state index is -3.43. The number of carboxylic acid groups (broad SMARTS) is 1. The first kappa shape index (κ1) is 16.7. The number of morpholine rings is 1. The highest BCUT2D eigenvalue weighted by atomic mass is 32.2. The molecule has 0 spiro atoms. The van der Waals surface area contributed by atoms with Crippen molar-refractivity contribution in [2.45, 2.75) is 13.3 Å². The van der Waals surface area contributed by atoms with Gasteiger partial charge in [-0.15, -0.1) is 0 Å². The van der Waals surface area contributed by atoms with E-state index in [0.29, 0.717) is 37.4 Å². The van der Waals surface area contributed by atoms with Gasteiger partial charge in [-0.05, 0) is 18.9 Å². The maximum Gasteiger partial charge on any atom is 0.310 e. The molecule has 22 heavy (non-hydrogen) atoms. The van der Waals surface area contributed by atoms with E-state index in [9.17, 15) is 18.3 Å². The molecule has 1 aliphatic heterocycles. The standard InChI is InChI=1S/C14H20N2O5S/c1-10-11(14(17)18)3-4-13(22(2,19)20)12(10)9-15-16-5-7-21-8-6-16/h4,9,11H,3,5-8H2,1-2H3,(H,17,18)/b15-9+. The van der Waals surface area contributed by atoms with E-state index < -0.39 is 21.7 Å². The van der Waals surface area contributed by atoms with Crippen molar-refractivity contribution in [3.8, 4) is 0 Å². The highest BCUT2D eigenvalue weighted by Gasteiger charge is 2.29. The third-order valence-corrected chi connectivity index (χ3v) is 4.97. The zero-order chi connectivity index (χ0) is 16.3. The minimum absolute atomic E-state index is 0.152. The minimum Gasteiger partial charge on any atom is -0.481 e. The van der Waals surface area contributed by atoms with Gasteiger partial charge in [-0.3, -0.25) is 9.80 Å². The fourth-order valence-electron chi connectivity index (χ4n) is 2.50. The highest BCUT2D eigenvalue weighted by Crippen LogP contribution is 2.31. The molecule has 7 nitrogen and oxygen atoms in total. The second-order valence-corrected chi connectivity index (χ2v) is 7.36. The molecule has 2 rings (SSSR count). The van der Waals surface area contributed by atoms with Crippen molar-refractivity contribution in [3.63, 3.8) is 0 Å². The first-order valence-corrected chi connectivity index (χ1v) is 8.90. The summed E-state index contributed by atoms with van der Waals surface area (Å²) in [6.07, 6.45) is 4.23. The Labute approximate surface area is 129 Å². The van der Waals surface area contributed by atoms with Crippen LogP contribution < -0.4 is 0 Å². The van der Waals surface area contributed by atoms with Gasteiger partial charge in [-0.1, -0.05) is 6.08 Å². The number of allylic oxidation sites excluding steroid dienone is 2. The summed E-state index contributed by atoms with van der Waals surface area (Å²) in [4.78, 5) is 11.4. The van der Waals surface area contributed by atoms with Gasteiger partial charge in [0.05, 0.1) is 43.3 Å². The Morgan fingerprint density at radius 3 is 2.64 bits per heavy atom. The maximum atomic E-state index is 11.9. The zero-order valence-electron chi connectivity index (χ0n) is 12.7. The molecule has 0 radical (unpaired) electrons. The predicted molar refractivity (Wildman–Crippen MR) is 82.3 cm³/mol. The smallest absolute Gasteiger partial charge is 0.310 e. The third-order valence-electron chi connectivity index (χ3n) is 3.79. The molecule has 0 amide bonds. The number of aliphatic carboxylic acids is 1. The van der Waals surface area contributed by atoms with Crippen molar-refractivity contribution in [3.05, 3.63) is 22.1 Å². The van der Waals surface area contributed by atoms with Gasteiger partial charge < -0.3 is 9.84 Å². The van der Waals surface area contributed by atoms with Gasteiger partial charge in [0.25, 0.3) is 0 Å². The number of ether oxygens (including phenoxy) is 1. The lowest BCUT2D eigenvalue weighted by Crippen LogP contribution is -2.32. The van der Waals surface area contributed by atoms with Crippen LogP contribution in [0.2, 0.25) is 0 Å². The fraction of sp³-hybridized carbons (Fsp3) is 0.571. The van der Waals surface area contributed by atoms with Crippen LogP contribution in [0.1, 0.15) is 13.3 Å². The van der Waals surface area contributed by atoms with Crippen LogP contribution in [0.5, 0.6) is 0 Å². The van der Waals surface area contributed by atoms with Gasteiger partial charge in [0.2, 0.25) is 0 Å². The fourth-order valence-corrected chi connectivity index (χ4v) is 3.52. The van der Waals surface area contributed by atoms with Crippen LogP contribution in [0.15, 0.2) is 27.2 Å². The van der Waals surface area contributed by atoms with Gasteiger partial charge in [0.15, 0.2) is 9.84 Å². The van der Waals surface area contributed by atoms with Crippen molar-refractivity contribution < 1.29 is 23.1 Å². The number of hydrazone groups is 1. The molecule has 0 saturated carbocycles. The molecule has 1 fully saturated rings. The van der Waals surface area contributed by atoms with E-state index >= 15 is 0 Å². The summed E-state index contributed by atoms with van der Waals surface area (Å²) in [5.74, 6) is -1.67. The molecule has 1 unspecified atom stereocenters. The number of hydrogen-bond acceptors (Lipinski definition) is 6. The van der Waals surface area contributed by atoms with E-state index in [2.05, 4.69) is 5.10 Å². The Bertz CT molecular complexity index is 642. The first-order chi connectivity index (χ1) is 10.3. The van der Waals surface area contributed by atoms with Crippen LogP contribution in [0.25, 0.3) is 0 Å². The summed E-state index contributed by atoms with van der Waals surface area (Å²) >= 11 is 0. The Balaban J connectivity index is 2.34. The van der Waals surface area contributed by atoms with Gasteiger partial charge in [0, 0.05) is 11.8 Å². The molecule has 0 aromatic heterocycles. The molecule has 122 valence electrons. The van der Waals surface area contributed by atoms with Crippen LogP contribution in [-0.2, 0) is 19.4 Å². The molecule has 8 heteroatoms. The second kappa shape index (κ2) is 6.62. The summed E-state index contributed by atoms with van der Waals surface area (Å²) in [5.41, 5.74) is 0.903. The van der Waals surface area contributed by atoms with Crippen LogP contribution in [-0.4, -0.2) is 63.3 Å².